The zero-order valence-electron chi connectivity index (χ0n) is 9.46. The Bertz CT molecular complexity index is 387. The van der Waals surface area contributed by atoms with E-state index in [1.807, 2.05) is 23.2 Å². The van der Waals surface area contributed by atoms with Crippen LogP contribution < -0.4 is 0 Å². The van der Waals surface area contributed by atoms with E-state index in [2.05, 4.69) is 43.1 Å². The van der Waals surface area contributed by atoms with Gasteiger partial charge in [0.05, 0.1) is 18.3 Å². The first-order chi connectivity index (χ1) is 7.18. The van der Waals surface area contributed by atoms with E-state index < -0.39 is 0 Å². The molecule has 2 rings (SSSR count). The minimum Gasteiger partial charge on any atom is -0.288 e. The minimum absolute atomic E-state index is 0.266. The van der Waals surface area contributed by atoms with Crippen LogP contribution in [0.3, 0.4) is 0 Å². The standard InChI is InChI=1S/C12H17N3/c1-9(2)11-7-14-15(8-11)12-5-4-6-13-10(12)3/h4-10,12H,1-3H3. The van der Waals surface area contributed by atoms with Crippen molar-refractivity contribution in [1.82, 2.24) is 9.78 Å². The number of allylic oxidation sites excluding steroid dienone is 1. The monoisotopic (exact) mass is 203 g/mol. The predicted octanol–water partition coefficient (Wildman–Crippen LogP) is 2.58. The van der Waals surface area contributed by atoms with Gasteiger partial charge in [-0.1, -0.05) is 19.9 Å². The van der Waals surface area contributed by atoms with Crippen molar-refractivity contribution in [3.63, 3.8) is 0 Å². The van der Waals surface area contributed by atoms with Crippen LogP contribution in [-0.2, 0) is 0 Å². The Morgan fingerprint density at radius 1 is 1.40 bits per heavy atom. The van der Waals surface area contributed by atoms with Crippen LogP contribution in [0.1, 0.15) is 38.3 Å². The third kappa shape index (κ3) is 2.01. The molecular weight excluding hydrogens is 186 g/mol. The summed E-state index contributed by atoms with van der Waals surface area (Å²) >= 11 is 0. The van der Waals surface area contributed by atoms with Crippen LogP contribution in [0, 0.1) is 0 Å². The van der Waals surface area contributed by atoms with Gasteiger partial charge in [0.2, 0.25) is 0 Å². The van der Waals surface area contributed by atoms with Gasteiger partial charge in [-0.3, -0.25) is 9.67 Å². The Kier molecular flexibility index (Phi) is 2.71. The van der Waals surface area contributed by atoms with Crippen LogP contribution >= 0.6 is 0 Å². The van der Waals surface area contributed by atoms with E-state index in [1.54, 1.807) is 0 Å². The fourth-order valence-electron chi connectivity index (χ4n) is 1.72. The fourth-order valence-corrected chi connectivity index (χ4v) is 1.72. The van der Waals surface area contributed by atoms with Crippen molar-refractivity contribution < 1.29 is 0 Å². The number of hydrogen-bond acceptors (Lipinski definition) is 2. The lowest BCUT2D eigenvalue weighted by Gasteiger charge is -2.20. The van der Waals surface area contributed by atoms with E-state index in [9.17, 15) is 0 Å². The second-order valence-corrected chi connectivity index (χ2v) is 4.32. The van der Waals surface area contributed by atoms with Crippen LogP contribution in [0.4, 0.5) is 0 Å². The summed E-state index contributed by atoms with van der Waals surface area (Å²) in [4.78, 5) is 4.37. The van der Waals surface area contributed by atoms with Crippen LogP contribution in [0.25, 0.3) is 0 Å². The highest BCUT2D eigenvalue weighted by Gasteiger charge is 2.18. The van der Waals surface area contributed by atoms with Gasteiger partial charge < -0.3 is 0 Å². The summed E-state index contributed by atoms with van der Waals surface area (Å²) in [7, 11) is 0. The molecule has 1 aliphatic rings. The molecule has 3 nitrogen and oxygen atoms in total. The quantitative estimate of drug-likeness (QED) is 0.726. The van der Waals surface area contributed by atoms with E-state index in [0.717, 1.165) is 0 Å². The normalized spacial score (nSPS) is 25.1. The van der Waals surface area contributed by atoms with Gasteiger partial charge in [0, 0.05) is 12.4 Å². The first-order valence-corrected chi connectivity index (χ1v) is 5.42. The van der Waals surface area contributed by atoms with Crippen molar-refractivity contribution in [2.24, 2.45) is 4.99 Å². The van der Waals surface area contributed by atoms with E-state index >= 15 is 0 Å². The molecule has 1 aromatic heterocycles. The van der Waals surface area contributed by atoms with Crippen LogP contribution in [0.15, 0.2) is 29.5 Å². The molecule has 1 aromatic rings. The minimum atomic E-state index is 0.266. The van der Waals surface area contributed by atoms with Crippen molar-refractivity contribution in [1.29, 1.82) is 0 Å². The molecule has 0 N–H and O–H groups in total. The molecule has 0 amide bonds. The van der Waals surface area contributed by atoms with Gasteiger partial charge >= 0.3 is 0 Å². The van der Waals surface area contributed by atoms with Crippen molar-refractivity contribution in [2.45, 2.75) is 38.8 Å². The average molecular weight is 203 g/mol. The number of aromatic nitrogens is 2. The lowest BCUT2D eigenvalue weighted by Crippen LogP contribution is -2.20. The number of rotatable bonds is 2. The molecular formula is C12H17N3. The Balaban J connectivity index is 2.22. The van der Waals surface area contributed by atoms with E-state index in [-0.39, 0.29) is 12.1 Å². The molecule has 0 aromatic carbocycles. The highest BCUT2D eigenvalue weighted by Crippen LogP contribution is 2.21. The molecule has 2 unspecified atom stereocenters. The Hall–Kier alpha value is -1.38. The largest absolute Gasteiger partial charge is 0.288 e. The first kappa shape index (κ1) is 10.1. The van der Waals surface area contributed by atoms with Gasteiger partial charge in [0.25, 0.3) is 0 Å². The Morgan fingerprint density at radius 2 is 2.20 bits per heavy atom. The number of aliphatic imine (C=N–C) groups is 1. The SMILES string of the molecule is CC(C)c1cnn(C2C=CC=NC2C)c1. The smallest absolute Gasteiger partial charge is 0.0923 e. The molecule has 1 aliphatic heterocycles. The van der Waals surface area contributed by atoms with Gasteiger partial charge in [-0.15, -0.1) is 0 Å². The van der Waals surface area contributed by atoms with Crippen molar-refractivity contribution in [3.8, 4) is 0 Å². The molecule has 0 fully saturated rings. The lowest BCUT2D eigenvalue weighted by atomic mass is 10.1. The molecule has 80 valence electrons. The molecule has 15 heavy (non-hydrogen) atoms. The maximum absolute atomic E-state index is 4.40. The zero-order valence-corrected chi connectivity index (χ0v) is 9.46. The average Bonchev–Trinajstić information content (AvgIpc) is 2.67. The van der Waals surface area contributed by atoms with Gasteiger partial charge in [-0.2, -0.15) is 5.10 Å². The lowest BCUT2D eigenvalue weighted by molar-refractivity contribution is 0.466. The molecule has 0 saturated carbocycles. The summed E-state index contributed by atoms with van der Waals surface area (Å²) in [6.45, 7) is 6.47. The topological polar surface area (TPSA) is 30.2 Å². The highest BCUT2D eigenvalue weighted by molar-refractivity contribution is 5.72. The van der Waals surface area contributed by atoms with Crippen LogP contribution in [0.2, 0.25) is 0 Å². The van der Waals surface area contributed by atoms with Crippen molar-refractivity contribution in [2.75, 3.05) is 0 Å². The second kappa shape index (κ2) is 4.01. The third-order valence-corrected chi connectivity index (χ3v) is 2.80. The van der Waals surface area contributed by atoms with E-state index in [1.165, 1.54) is 5.56 Å². The van der Waals surface area contributed by atoms with Crippen molar-refractivity contribution in [3.05, 3.63) is 30.1 Å². The predicted molar refractivity (Wildman–Crippen MR) is 62.4 cm³/mol. The zero-order chi connectivity index (χ0) is 10.8. The molecule has 0 saturated heterocycles. The summed E-state index contributed by atoms with van der Waals surface area (Å²) < 4.78 is 2.01. The number of hydrogen-bond donors (Lipinski definition) is 0. The second-order valence-electron chi connectivity index (χ2n) is 4.32. The first-order valence-electron chi connectivity index (χ1n) is 5.42. The van der Waals surface area contributed by atoms with Gasteiger partial charge in [-0.05, 0) is 24.5 Å². The number of nitrogens with zero attached hydrogens (tertiary/aromatic N) is 3. The number of dihydropyridines is 1. The summed E-state index contributed by atoms with van der Waals surface area (Å²) in [6, 6.07) is 0.539. The maximum Gasteiger partial charge on any atom is 0.0923 e. The van der Waals surface area contributed by atoms with Gasteiger partial charge in [-0.25, -0.2) is 0 Å². The summed E-state index contributed by atoms with van der Waals surface area (Å²) in [6.07, 6.45) is 10.1. The molecule has 2 atom stereocenters. The highest BCUT2D eigenvalue weighted by atomic mass is 15.3. The molecule has 0 spiro atoms. The Morgan fingerprint density at radius 3 is 2.80 bits per heavy atom. The summed E-state index contributed by atoms with van der Waals surface area (Å²) in [5, 5.41) is 4.40. The Labute approximate surface area is 90.5 Å². The molecule has 0 bridgehead atoms. The van der Waals surface area contributed by atoms with Crippen LogP contribution in [-0.4, -0.2) is 22.0 Å². The van der Waals surface area contributed by atoms with E-state index in [0.29, 0.717) is 5.92 Å². The van der Waals surface area contributed by atoms with Crippen molar-refractivity contribution >= 4 is 6.21 Å². The fraction of sp³-hybridized carbons (Fsp3) is 0.500. The summed E-state index contributed by atoms with van der Waals surface area (Å²) in [5.74, 6) is 0.533. The van der Waals surface area contributed by atoms with Gasteiger partial charge in [0.1, 0.15) is 0 Å². The van der Waals surface area contributed by atoms with E-state index in [4.69, 9.17) is 0 Å². The summed E-state index contributed by atoms with van der Waals surface area (Å²) in [5.41, 5.74) is 1.28. The molecule has 0 radical (unpaired) electrons. The maximum atomic E-state index is 4.40. The molecule has 3 heteroatoms. The van der Waals surface area contributed by atoms with Gasteiger partial charge in [0.15, 0.2) is 0 Å². The molecule has 0 aliphatic carbocycles. The molecule has 2 heterocycles. The van der Waals surface area contributed by atoms with Crippen LogP contribution in [0.5, 0.6) is 0 Å². The third-order valence-electron chi connectivity index (χ3n) is 2.80.